The molecule has 4 rings (SSSR count). The molecule has 1 heterocycles. The van der Waals surface area contributed by atoms with Gasteiger partial charge in [0.05, 0.1) is 11.2 Å². The lowest BCUT2D eigenvalue weighted by molar-refractivity contribution is 1.36. The Bertz CT molecular complexity index is 1100. The predicted molar refractivity (Wildman–Crippen MR) is 117 cm³/mol. The lowest BCUT2D eigenvalue weighted by atomic mass is 10.1. The van der Waals surface area contributed by atoms with Crippen LogP contribution in [0.3, 0.4) is 0 Å². The van der Waals surface area contributed by atoms with Crippen molar-refractivity contribution >= 4 is 35.2 Å². The molecule has 0 aliphatic heterocycles. The highest BCUT2D eigenvalue weighted by Crippen LogP contribution is 2.16. The van der Waals surface area contributed by atoms with Gasteiger partial charge < -0.3 is 0 Å². The van der Waals surface area contributed by atoms with E-state index in [-0.39, 0.29) is 0 Å². The van der Waals surface area contributed by atoms with Crippen molar-refractivity contribution in [3.8, 4) is 0 Å². The fourth-order valence-electron chi connectivity index (χ4n) is 3.01. The number of fused-ring (bicyclic) bond motifs is 1. The van der Waals surface area contributed by atoms with Crippen molar-refractivity contribution in [2.24, 2.45) is 0 Å². The summed E-state index contributed by atoms with van der Waals surface area (Å²) in [4.78, 5) is 4.71. The van der Waals surface area contributed by atoms with Gasteiger partial charge in [0.15, 0.2) is 0 Å². The zero-order valence-electron chi connectivity index (χ0n) is 15.3. The maximum atomic E-state index is 4.71. The fraction of sp³-hybridized carbons (Fsp3) is 0.0385. The van der Waals surface area contributed by atoms with Gasteiger partial charge in [0, 0.05) is 5.39 Å². The molecular formula is C26H21N. The Kier molecular flexibility index (Phi) is 4.93. The van der Waals surface area contributed by atoms with Crippen LogP contribution in [0.25, 0.3) is 35.2 Å². The average molecular weight is 347 g/mol. The summed E-state index contributed by atoms with van der Waals surface area (Å²) in [5.74, 6) is 0. The highest BCUT2D eigenvalue weighted by atomic mass is 14.7. The van der Waals surface area contributed by atoms with Crippen molar-refractivity contribution in [3.63, 3.8) is 0 Å². The van der Waals surface area contributed by atoms with Gasteiger partial charge in [-0.3, -0.25) is 0 Å². The number of benzene rings is 3. The van der Waals surface area contributed by atoms with Crippen molar-refractivity contribution in [2.45, 2.75) is 6.92 Å². The molecule has 4 aromatic rings. The van der Waals surface area contributed by atoms with Gasteiger partial charge in [0.1, 0.15) is 0 Å². The molecule has 0 amide bonds. The molecule has 0 saturated heterocycles. The minimum atomic E-state index is 0.972. The van der Waals surface area contributed by atoms with Crippen LogP contribution in [0.15, 0.2) is 84.9 Å². The summed E-state index contributed by atoms with van der Waals surface area (Å²) in [6.45, 7) is 2.10. The summed E-state index contributed by atoms with van der Waals surface area (Å²) in [7, 11) is 0. The Morgan fingerprint density at radius 2 is 1.22 bits per heavy atom. The summed E-state index contributed by atoms with van der Waals surface area (Å²) in [5.41, 5.74) is 6.82. The van der Waals surface area contributed by atoms with Crippen LogP contribution in [-0.2, 0) is 0 Å². The summed E-state index contributed by atoms with van der Waals surface area (Å²) in [5, 5.41) is 1.18. The number of hydrogen-bond acceptors (Lipinski definition) is 1. The van der Waals surface area contributed by atoms with E-state index in [4.69, 9.17) is 4.98 Å². The lowest BCUT2D eigenvalue weighted by Crippen LogP contribution is -1.84. The van der Waals surface area contributed by atoms with Crippen molar-refractivity contribution in [1.29, 1.82) is 0 Å². The van der Waals surface area contributed by atoms with Crippen molar-refractivity contribution < 1.29 is 0 Å². The molecule has 0 aliphatic rings. The van der Waals surface area contributed by atoms with Crippen LogP contribution in [0.1, 0.15) is 27.9 Å². The average Bonchev–Trinajstić information content (AvgIpc) is 2.72. The fourth-order valence-corrected chi connectivity index (χ4v) is 3.01. The first-order chi connectivity index (χ1) is 13.3. The van der Waals surface area contributed by atoms with Gasteiger partial charge in [-0.1, -0.05) is 90.5 Å². The highest BCUT2D eigenvalue weighted by molar-refractivity contribution is 5.81. The Balaban J connectivity index is 1.48. The van der Waals surface area contributed by atoms with E-state index in [0.717, 1.165) is 16.8 Å². The first-order valence-electron chi connectivity index (χ1n) is 9.15. The third kappa shape index (κ3) is 4.39. The molecule has 0 spiro atoms. The molecule has 0 unspecified atom stereocenters. The minimum Gasteiger partial charge on any atom is -0.248 e. The molecule has 0 aliphatic carbocycles. The zero-order chi connectivity index (χ0) is 18.5. The van der Waals surface area contributed by atoms with E-state index in [2.05, 4.69) is 110 Å². The van der Waals surface area contributed by atoms with E-state index in [1.807, 2.05) is 6.07 Å². The van der Waals surface area contributed by atoms with Crippen LogP contribution >= 0.6 is 0 Å². The number of hydrogen-bond donors (Lipinski definition) is 0. The van der Waals surface area contributed by atoms with Crippen molar-refractivity contribution in [1.82, 2.24) is 4.98 Å². The van der Waals surface area contributed by atoms with Crippen LogP contribution < -0.4 is 0 Å². The van der Waals surface area contributed by atoms with E-state index in [0.29, 0.717) is 0 Å². The highest BCUT2D eigenvalue weighted by Gasteiger charge is 1.97. The molecule has 0 N–H and O–H groups in total. The molecule has 1 aromatic heterocycles. The number of aryl methyl sites for hydroxylation is 1. The van der Waals surface area contributed by atoms with Crippen LogP contribution in [-0.4, -0.2) is 4.98 Å². The molecule has 0 radical (unpaired) electrons. The van der Waals surface area contributed by atoms with Crippen LogP contribution in [0.5, 0.6) is 0 Å². The lowest BCUT2D eigenvalue weighted by Gasteiger charge is -2.01. The number of rotatable bonds is 4. The van der Waals surface area contributed by atoms with Gasteiger partial charge in [0.25, 0.3) is 0 Å². The first-order valence-corrected chi connectivity index (χ1v) is 9.15. The molecule has 27 heavy (non-hydrogen) atoms. The zero-order valence-corrected chi connectivity index (χ0v) is 15.3. The summed E-state index contributed by atoms with van der Waals surface area (Å²) < 4.78 is 0. The number of nitrogens with zero attached hydrogens (tertiary/aromatic N) is 1. The predicted octanol–water partition coefficient (Wildman–Crippen LogP) is 6.88. The quantitative estimate of drug-likeness (QED) is 0.366. The van der Waals surface area contributed by atoms with E-state index in [1.165, 1.54) is 22.1 Å². The first kappa shape index (κ1) is 17.0. The van der Waals surface area contributed by atoms with E-state index in [1.54, 1.807) is 0 Å². The van der Waals surface area contributed by atoms with Crippen LogP contribution in [0.4, 0.5) is 0 Å². The third-order valence-corrected chi connectivity index (χ3v) is 4.52. The van der Waals surface area contributed by atoms with Crippen molar-refractivity contribution in [2.75, 3.05) is 0 Å². The van der Waals surface area contributed by atoms with E-state index in [9.17, 15) is 0 Å². The van der Waals surface area contributed by atoms with Gasteiger partial charge in [0.2, 0.25) is 0 Å². The Labute approximate surface area is 160 Å². The molecule has 0 saturated carbocycles. The Morgan fingerprint density at radius 3 is 1.93 bits per heavy atom. The monoisotopic (exact) mass is 347 g/mol. The standard InChI is InChI=1S/C26H21N/c1-20-7-18-26-24(19-20)15-17-25(27-26)16-14-23-12-10-22(11-13-23)9-8-21-5-3-2-4-6-21/h2-19H,1H3. The molecule has 0 atom stereocenters. The van der Waals surface area contributed by atoms with Crippen LogP contribution in [0.2, 0.25) is 0 Å². The minimum absolute atomic E-state index is 0.972. The van der Waals surface area contributed by atoms with Gasteiger partial charge in [-0.2, -0.15) is 0 Å². The topological polar surface area (TPSA) is 12.9 Å². The third-order valence-electron chi connectivity index (χ3n) is 4.52. The maximum Gasteiger partial charge on any atom is 0.0709 e. The summed E-state index contributed by atoms with van der Waals surface area (Å²) >= 11 is 0. The number of pyridine rings is 1. The maximum absolute atomic E-state index is 4.71. The molecule has 0 fully saturated rings. The van der Waals surface area contributed by atoms with E-state index >= 15 is 0 Å². The van der Waals surface area contributed by atoms with Gasteiger partial charge >= 0.3 is 0 Å². The van der Waals surface area contributed by atoms with Gasteiger partial charge in [-0.15, -0.1) is 0 Å². The second kappa shape index (κ2) is 7.84. The Hall–Kier alpha value is -3.45. The summed E-state index contributed by atoms with van der Waals surface area (Å²) in [6, 6.07) is 29.4. The second-order valence-corrected chi connectivity index (χ2v) is 6.68. The molecular weight excluding hydrogens is 326 g/mol. The Morgan fingerprint density at radius 1 is 0.593 bits per heavy atom. The SMILES string of the molecule is Cc1ccc2nc(C=Cc3ccc(C=Cc4ccccc4)cc3)ccc2c1. The van der Waals surface area contributed by atoms with Crippen molar-refractivity contribution in [3.05, 3.63) is 113 Å². The van der Waals surface area contributed by atoms with Gasteiger partial charge in [-0.05, 0) is 47.9 Å². The number of aromatic nitrogens is 1. The molecule has 130 valence electrons. The van der Waals surface area contributed by atoms with Crippen LogP contribution in [0, 0.1) is 6.92 Å². The molecule has 1 nitrogen and oxygen atoms in total. The second-order valence-electron chi connectivity index (χ2n) is 6.68. The van der Waals surface area contributed by atoms with Gasteiger partial charge in [-0.25, -0.2) is 4.98 Å². The normalized spacial score (nSPS) is 11.6. The molecule has 0 bridgehead atoms. The smallest absolute Gasteiger partial charge is 0.0709 e. The molecule has 3 aromatic carbocycles. The molecule has 1 heteroatoms. The summed E-state index contributed by atoms with van der Waals surface area (Å²) in [6.07, 6.45) is 8.43. The van der Waals surface area contributed by atoms with E-state index < -0.39 is 0 Å². The largest absolute Gasteiger partial charge is 0.248 e.